The highest BCUT2D eigenvalue weighted by Gasteiger charge is 2.13. The van der Waals surface area contributed by atoms with Crippen LogP contribution in [-0.2, 0) is 11.2 Å². The van der Waals surface area contributed by atoms with E-state index < -0.39 is 0 Å². The fourth-order valence-electron chi connectivity index (χ4n) is 2.78. The minimum absolute atomic E-state index is 0.128. The summed E-state index contributed by atoms with van der Waals surface area (Å²) in [6.07, 6.45) is 6.57. The first-order chi connectivity index (χ1) is 10.3. The summed E-state index contributed by atoms with van der Waals surface area (Å²) < 4.78 is 5.19. The number of amides is 1. The van der Waals surface area contributed by atoms with Crippen LogP contribution in [0.15, 0.2) is 24.3 Å². The zero-order chi connectivity index (χ0) is 14.9. The van der Waals surface area contributed by atoms with Crippen molar-refractivity contribution in [2.24, 2.45) is 0 Å². The lowest BCUT2D eigenvalue weighted by Crippen LogP contribution is -2.32. The first-order valence-electron chi connectivity index (χ1n) is 7.91. The molecule has 1 amide bonds. The zero-order valence-electron chi connectivity index (χ0n) is 12.9. The van der Waals surface area contributed by atoms with Crippen molar-refractivity contribution in [2.45, 2.75) is 44.6 Å². The molecule has 0 heterocycles. The second kappa shape index (κ2) is 8.67. The predicted octanol–water partition coefficient (Wildman–Crippen LogP) is 2.28. The molecule has 0 atom stereocenters. The van der Waals surface area contributed by atoms with Crippen LogP contribution >= 0.6 is 0 Å². The minimum Gasteiger partial charge on any atom is -0.497 e. The van der Waals surface area contributed by atoms with Gasteiger partial charge < -0.3 is 15.4 Å². The molecule has 0 radical (unpaired) electrons. The van der Waals surface area contributed by atoms with E-state index in [0.29, 0.717) is 19.0 Å². The lowest BCUT2D eigenvalue weighted by atomic mass is 10.1. The van der Waals surface area contributed by atoms with E-state index in [9.17, 15) is 4.79 Å². The molecule has 21 heavy (non-hydrogen) atoms. The van der Waals surface area contributed by atoms with Crippen LogP contribution in [0.1, 0.15) is 37.7 Å². The van der Waals surface area contributed by atoms with Gasteiger partial charge in [0.05, 0.1) is 7.11 Å². The summed E-state index contributed by atoms with van der Waals surface area (Å²) in [5, 5.41) is 6.43. The molecule has 0 saturated heterocycles. The highest BCUT2D eigenvalue weighted by atomic mass is 16.5. The SMILES string of the molecule is COc1cccc(CCNC(=O)CCNC2CCCC2)c1. The third-order valence-corrected chi connectivity index (χ3v) is 4.01. The lowest BCUT2D eigenvalue weighted by molar-refractivity contribution is -0.120. The van der Waals surface area contributed by atoms with Gasteiger partial charge in [-0.1, -0.05) is 25.0 Å². The van der Waals surface area contributed by atoms with Crippen LogP contribution in [0.25, 0.3) is 0 Å². The maximum Gasteiger partial charge on any atom is 0.221 e. The van der Waals surface area contributed by atoms with Crippen molar-refractivity contribution in [3.05, 3.63) is 29.8 Å². The zero-order valence-corrected chi connectivity index (χ0v) is 12.9. The molecule has 4 heteroatoms. The van der Waals surface area contributed by atoms with Crippen LogP contribution in [0.3, 0.4) is 0 Å². The topological polar surface area (TPSA) is 50.4 Å². The normalized spacial score (nSPS) is 15.1. The van der Waals surface area contributed by atoms with Crippen LogP contribution in [-0.4, -0.2) is 32.1 Å². The number of ether oxygens (including phenoxy) is 1. The van der Waals surface area contributed by atoms with E-state index >= 15 is 0 Å². The summed E-state index contributed by atoms with van der Waals surface area (Å²) in [4.78, 5) is 11.8. The molecule has 4 nitrogen and oxygen atoms in total. The molecule has 0 unspecified atom stereocenters. The third kappa shape index (κ3) is 5.76. The fraction of sp³-hybridized carbons (Fsp3) is 0.588. The first-order valence-corrected chi connectivity index (χ1v) is 7.91. The standard InChI is InChI=1S/C17H26N2O2/c1-21-16-8-4-5-14(13-16)9-11-19-17(20)10-12-18-15-6-2-3-7-15/h4-5,8,13,15,18H,2-3,6-7,9-12H2,1H3,(H,19,20). The monoisotopic (exact) mass is 290 g/mol. The van der Waals surface area contributed by atoms with Crippen molar-refractivity contribution >= 4 is 5.91 Å². The molecular weight excluding hydrogens is 264 g/mol. The molecule has 0 spiro atoms. The molecule has 0 aliphatic heterocycles. The Bertz CT molecular complexity index is 442. The molecule has 2 N–H and O–H groups in total. The Balaban J connectivity index is 1.57. The molecule has 116 valence electrons. The van der Waals surface area contributed by atoms with Gasteiger partial charge in [-0.15, -0.1) is 0 Å². The average molecular weight is 290 g/mol. The van der Waals surface area contributed by atoms with Crippen LogP contribution in [0.2, 0.25) is 0 Å². The molecule has 1 aliphatic rings. The molecule has 1 aromatic rings. The summed E-state index contributed by atoms with van der Waals surface area (Å²) in [5.74, 6) is 0.989. The summed E-state index contributed by atoms with van der Waals surface area (Å²) in [5.41, 5.74) is 1.18. The lowest BCUT2D eigenvalue weighted by Gasteiger charge is -2.11. The van der Waals surface area contributed by atoms with E-state index in [-0.39, 0.29) is 5.91 Å². The van der Waals surface area contributed by atoms with E-state index in [0.717, 1.165) is 18.7 Å². The maximum absolute atomic E-state index is 11.8. The fourth-order valence-corrected chi connectivity index (χ4v) is 2.78. The van der Waals surface area contributed by atoms with Gasteiger partial charge in [0.2, 0.25) is 5.91 Å². The smallest absolute Gasteiger partial charge is 0.221 e. The Morgan fingerprint density at radius 2 is 2.10 bits per heavy atom. The van der Waals surface area contributed by atoms with Gasteiger partial charge in [0.15, 0.2) is 0 Å². The van der Waals surface area contributed by atoms with Crippen LogP contribution in [0, 0.1) is 0 Å². The molecule has 1 fully saturated rings. The average Bonchev–Trinajstić information content (AvgIpc) is 3.01. The number of methoxy groups -OCH3 is 1. The maximum atomic E-state index is 11.8. The predicted molar refractivity (Wildman–Crippen MR) is 84.6 cm³/mol. The van der Waals surface area contributed by atoms with Gasteiger partial charge in [0.25, 0.3) is 0 Å². The quantitative estimate of drug-likeness (QED) is 0.772. The van der Waals surface area contributed by atoms with Crippen LogP contribution in [0.5, 0.6) is 5.75 Å². The van der Waals surface area contributed by atoms with E-state index in [4.69, 9.17) is 4.74 Å². The van der Waals surface area contributed by atoms with Gasteiger partial charge in [0.1, 0.15) is 5.75 Å². The van der Waals surface area contributed by atoms with Crippen molar-refractivity contribution in [3.8, 4) is 5.75 Å². The molecule has 1 aliphatic carbocycles. The number of benzene rings is 1. The van der Waals surface area contributed by atoms with Gasteiger partial charge >= 0.3 is 0 Å². The Kier molecular flexibility index (Phi) is 6.54. The second-order valence-electron chi connectivity index (χ2n) is 5.64. The molecule has 1 saturated carbocycles. The van der Waals surface area contributed by atoms with Crippen molar-refractivity contribution in [1.82, 2.24) is 10.6 Å². The van der Waals surface area contributed by atoms with Gasteiger partial charge in [-0.3, -0.25) is 4.79 Å². The van der Waals surface area contributed by atoms with Gasteiger partial charge in [-0.25, -0.2) is 0 Å². The van der Waals surface area contributed by atoms with E-state index in [1.165, 1.54) is 31.2 Å². The molecule has 0 aromatic heterocycles. The highest BCUT2D eigenvalue weighted by Crippen LogP contribution is 2.17. The summed E-state index contributed by atoms with van der Waals surface area (Å²) in [6, 6.07) is 8.59. The number of hydrogen-bond acceptors (Lipinski definition) is 3. The van der Waals surface area contributed by atoms with Gasteiger partial charge in [0, 0.05) is 25.6 Å². The summed E-state index contributed by atoms with van der Waals surface area (Å²) in [6.45, 7) is 1.46. The Morgan fingerprint density at radius 1 is 1.29 bits per heavy atom. The molecule has 2 rings (SSSR count). The number of rotatable bonds is 8. The molecular formula is C17H26N2O2. The Hall–Kier alpha value is -1.55. The number of carbonyl (C=O) groups excluding carboxylic acids is 1. The summed E-state index contributed by atoms with van der Waals surface area (Å²) in [7, 11) is 1.66. The largest absolute Gasteiger partial charge is 0.497 e. The van der Waals surface area contributed by atoms with Crippen molar-refractivity contribution in [2.75, 3.05) is 20.2 Å². The number of hydrogen-bond donors (Lipinski definition) is 2. The highest BCUT2D eigenvalue weighted by molar-refractivity contribution is 5.76. The Labute approximate surface area is 127 Å². The van der Waals surface area contributed by atoms with Gasteiger partial charge in [-0.05, 0) is 37.0 Å². The number of carbonyl (C=O) groups is 1. The molecule has 0 bridgehead atoms. The molecule has 1 aromatic carbocycles. The second-order valence-corrected chi connectivity index (χ2v) is 5.64. The van der Waals surface area contributed by atoms with Crippen LogP contribution < -0.4 is 15.4 Å². The summed E-state index contributed by atoms with van der Waals surface area (Å²) >= 11 is 0. The van der Waals surface area contributed by atoms with E-state index in [1.54, 1.807) is 7.11 Å². The van der Waals surface area contributed by atoms with E-state index in [1.807, 2.05) is 18.2 Å². The van der Waals surface area contributed by atoms with Crippen molar-refractivity contribution in [3.63, 3.8) is 0 Å². The first kappa shape index (κ1) is 15.8. The van der Waals surface area contributed by atoms with Crippen LogP contribution in [0.4, 0.5) is 0 Å². The Morgan fingerprint density at radius 3 is 2.86 bits per heavy atom. The minimum atomic E-state index is 0.128. The third-order valence-electron chi connectivity index (χ3n) is 4.01. The van der Waals surface area contributed by atoms with Crippen molar-refractivity contribution < 1.29 is 9.53 Å². The number of nitrogens with one attached hydrogen (secondary N) is 2. The van der Waals surface area contributed by atoms with Crippen molar-refractivity contribution in [1.29, 1.82) is 0 Å². The van der Waals surface area contributed by atoms with E-state index in [2.05, 4.69) is 16.7 Å². The van der Waals surface area contributed by atoms with Gasteiger partial charge in [-0.2, -0.15) is 0 Å².